The van der Waals surface area contributed by atoms with Gasteiger partial charge in [0.25, 0.3) is 0 Å². The number of amides is 1. The number of ether oxygens (including phenoxy) is 1. The lowest BCUT2D eigenvalue weighted by molar-refractivity contribution is -0.00313. The number of aliphatic hydroxyl groups is 1. The third-order valence-corrected chi connectivity index (χ3v) is 3.32. The van der Waals surface area contributed by atoms with Crippen LogP contribution in [0.3, 0.4) is 0 Å². The van der Waals surface area contributed by atoms with Crippen molar-refractivity contribution in [1.82, 2.24) is 4.90 Å². The molecule has 1 N–H and O–H groups in total. The molecule has 0 aromatic heterocycles. The van der Waals surface area contributed by atoms with Crippen LogP contribution in [-0.4, -0.2) is 40.4 Å². The van der Waals surface area contributed by atoms with Gasteiger partial charge in [-0.25, -0.2) is 4.79 Å². The molecule has 106 valence electrons. The fraction of sp³-hybridized carbons (Fsp3) is 0.929. The topological polar surface area (TPSA) is 49.8 Å². The molecule has 1 heterocycles. The van der Waals surface area contributed by atoms with Gasteiger partial charge in [0.2, 0.25) is 0 Å². The fourth-order valence-electron chi connectivity index (χ4n) is 2.50. The second-order valence-electron chi connectivity index (χ2n) is 7.18. The van der Waals surface area contributed by atoms with Crippen molar-refractivity contribution < 1.29 is 14.6 Å². The van der Waals surface area contributed by atoms with Crippen LogP contribution < -0.4 is 0 Å². The predicted octanol–water partition coefficient (Wildman–Crippen LogP) is 2.79. The van der Waals surface area contributed by atoms with Crippen LogP contribution in [0.15, 0.2) is 0 Å². The number of aliphatic hydroxyl groups excluding tert-OH is 1. The Labute approximate surface area is 110 Å². The van der Waals surface area contributed by atoms with Crippen LogP contribution in [0, 0.1) is 5.41 Å². The van der Waals surface area contributed by atoms with Crippen LogP contribution in [0.25, 0.3) is 0 Å². The average Bonchev–Trinajstić information content (AvgIpc) is 2.56. The Morgan fingerprint density at radius 3 is 2.17 bits per heavy atom. The van der Waals surface area contributed by atoms with Gasteiger partial charge >= 0.3 is 6.09 Å². The van der Waals surface area contributed by atoms with Crippen molar-refractivity contribution in [2.24, 2.45) is 5.41 Å². The van der Waals surface area contributed by atoms with Crippen molar-refractivity contribution in [2.75, 3.05) is 6.61 Å². The molecule has 1 saturated heterocycles. The molecule has 1 aliphatic rings. The van der Waals surface area contributed by atoms with E-state index >= 15 is 0 Å². The maximum atomic E-state index is 12.3. The maximum absolute atomic E-state index is 12.3. The monoisotopic (exact) mass is 257 g/mol. The highest BCUT2D eigenvalue weighted by Gasteiger charge is 2.43. The van der Waals surface area contributed by atoms with Gasteiger partial charge < -0.3 is 9.84 Å². The molecule has 1 rings (SSSR count). The van der Waals surface area contributed by atoms with Gasteiger partial charge in [0.05, 0.1) is 12.6 Å². The summed E-state index contributed by atoms with van der Waals surface area (Å²) in [5.41, 5.74) is -0.497. The summed E-state index contributed by atoms with van der Waals surface area (Å²) in [5.74, 6) is 0. The summed E-state index contributed by atoms with van der Waals surface area (Å²) >= 11 is 0. The molecule has 4 nitrogen and oxygen atoms in total. The largest absolute Gasteiger partial charge is 0.444 e. The Morgan fingerprint density at radius 2 is 1.78 bits per heavy atom. The zero-order chi connectivity index (χ0) is 14.1. The van der Waals surface area contributed by atoms with E-state index in [4.69, 9.17) is 4.74 Å². The van der Waals surface area contributed by atoms with Crippen LogP contribution in [0.4, 0.5) is 4.79 Å². The first kappa shape index (κ1) is 15.3. The number of nitrogens with zero attached hydrogens (tertiary/aromatic N) is 1. The minimum Gasteiger partial charge on any atom is -0.444 e. The lowest BCUT2D eigenvalue weighted by Crippen LogP contribution is -2.49. The Hall–Kier alpha value is -0.770. The molecule has 1 amide bonds. The molecule has 0 aromatic carbocycles. The summed E-state index contributed by atoms with van der Waals surface area (Å²) in [6.07, 6.45) is 1.46. The lowest BCUT2D eigenvalue weighted by Gasteiger charge is -2.38. The van der Waals surface area contributed by atoms with E-state index in [1.165, 1.54) is 0 Å². The van der Waals surface area contributed by atoms with Crippen molar-refractivity contribution in [2.45, 2.75) is 72.1 Å². The molecule has 2 atom stereocenters. The number of hydrogen-bond donors (Lipinski definition) is 1. The Morgan fingerprint density at radius 1 is 1.22 bits per heavy atom. The summed E-state index contributed by atoms with van der Waals surface area (Å²) in [6.45, 7) is 12.0. The zero-order valence-electron chi connectivity index (χ0n) is 12.5. The van der Waals surface area contributed by atoms with Crippen molar-refractivity contribution in [1.29, 1.82) is 0 Å². The predicted molar refractivity (Wildman–Crippen MR) is 71.4 cm³/mol. The molecule has 0 aliphatic carbocycles. The minimum atomic E-state index is -0.498. The zero-order valence-corrected chi connectivity index (χ0v) is 12.5. The molecular weight excluding hydrogens is 230 g/mol. The first-order valence-corrected chi connectivity index (χ1v) is 6.68. The van der Waals surface area contributed by atoms with E-state index in [-0.39, 0.29) is 30.2 Å². The van der Waals surface area contributed by atoms with E-state index in [0.29, 0.717) is 0 Å². The smallest absolute Gasteiger partial charge is 0.410 e. The number of carbonyl (C=O) groups is 1. The van der Waals surface area contributed by atoms with Gasteiger partial charge in [0.1, 0.15) is 5.60 Å². The van der Waals surface area contributed by atoms with E-state index in [2.05, 4.69) is 20.8 Å². The van der Waals surface area contributed by atoms with E-state index in [0.717, 1.165) is 12.8 Å². The highest BCUT2D eigenvalue weighted by molar-refractivity contribution is 5.69. The van der Waals surface area contributed by atoms with E-state index < -0.39 is 5.60 Å². The third-order valence-electron chi connectivity index (χ3n) is 3.32. The van der Waals surface area contributed by atoms with E-state index in [1.807, 2.05) is 20.8 Å². The van der Waals surface area contributed by atoms with Crippen LogP contribution in [0.1, 0.15) is 54.4 Å². The van der Waals surface area contributed by atoms with Gasteiger partial charge in [-0.3, -0.25) is 4.90 Å². The molecule has 0 saturated carbocycles. The van der Waals surface area contributed by atoms with Crippen LogP contribution in [0.2, 0.25) is 0 Å². The summed E-state index contributed by atoms with van der Waals surface area (Å²) in [7, 11) is 0. The van der Waals surface area contributed by atoms with Gasteiger partial charge in [-0.05, 0) is 39.0 Å². The Balaban J connectivity index is 2.88. The van der Waals surface area contributed by atoms with Crippen molar-refractivity contribution in [3.8, 4) is 0 Å². The Bertz CT molecular complexity index is 301. The van der Waals surface area contributed by atoms with E-state index in [9.17, 15) is 9.90 Å². The second kappa shape index (κ2) is 5.08. The molecular formula is C14H27NO3. The SMILES string of the molecule is CC(C)(C)OC(=O)N1[C@H](CO)CC[C@H]1C(C)(C)C. The second-order valence-corrected chi connectivity index (χ2v) is 7.18. The summed E-state index contributed by atoms with van der Waals surface area (Å²) in [6, 6.07) is 0.0218. The molecule has 18 heavy (non-hydrogen) atoms. The quantitative estimate of drug-likeness (QED) is 0.786. The fourth-order valence-corrected chi connectivity index (χ4v) is 2.50. The number of rotatable bonds is 1. The van der Waals surface area contributed by atoms with Crippen LogP contribution in [0.5, 0.6) is 0 Å². The summed E-state index contributed by atoms with van der Waals surface area (Å²) in [4.78, 5) is 14.0. The van der Waals surface area contributed by atoms with E-state index in [1.54, 1.807) is 4.90 Å². The van der Waals surface area contributed by atoms with Gasteiger partial charge in [-0.15, -0.1) is 0 Å². The molecule has 0 bridgehead atoms. The standard InChI is InChI=1S/C14H27NO3/c1-13(2,3)11-8-7-10(9-16)15(11)12(17)18-14(4,5)6/h10-11,16H,7-9H2,1-6H3/t10-,11-/m0/s1. The van der Waals surface area contributed by atoms with Gasteiger partial charge in [0.15, 0.2) is 0 Å². The number of carbonyl (C=O) groups excluding carboxylic acids is 1. The summed E-state index contributed by atoms with van der Waals surface area (Å²) < 4.78 is 5.46. The minimum absolute atomic E-state index is 0.000818. The molecule has 4 heteroatoms. The first-order valence-electron chi connectivity index (χ1n) is 6.68. The number of hydrogen-bond acceptors (Lipinski definition) is 3. The molecule has 0 radical (unpaired) electrons. The third kappa shape index (κ3) is 3.61. The first-order chi connectivity index (χ1) is 8.06. The average molecular weight is 257 g/mol. The van der Waals surface area contributed by atoms with Gasteiger partial charge in [-0.1, -0.05) is 20.8 Å². The highest BCUT2D eigenvalue weighted by Crippen LogP contribution is 2.36. The Kier molecular flexibility index (Phi) is 4.31. The van der Waals surface area contributed by atoms with Crippen molar-refractivity contribution >= 4 is 6.09 Å². The normalized spacial score (nSPS) is 25.4. The van der Waals surface area contributed by atoms with Crippen LogP contribution >= 0.6 is 0 Å². The van der Waals surface area contributed by atoms with Gasteiger partial charge in [-0.2, -0.15) is 0 Å². The maximum Gasteiger partial charge on any atom is 0.410 e. The van der Waals surface area contributed by atoms with Gasteiger partial charge in [0, 0.05) is 6.04 Å². The molecule has 1 aliphatic heterocycles. The van der Waals surface area contributed by atoms with Crippen molar-refractivity contribution in [3.05, 3.63) is 0 Å². The highest BCUT2D eigenvalue weighted by atomic mass is 16.6. The molecule has 0 spiro atoms. The lowest BCUT2D eigenvalue weighted by atomic mass is 9.85. The van der Waals surface area contributed by atoms with Crippen molar-refractivity contribution in [3.63, 3.8) is 0 Å². The molecule has 0 unspecified atom stereocenters. The van der Waals surface area contributed by atoms with Crippen LogP contribution in [-0.2, 0) is 4.74 Å². The summed E-state index contributed by atoms with van der Waals surface area (Å²) in [5, 5.41) is 9.42. The molecule has 0 aromatic rings. The number of likely N-dealkylation sites (tertiary alicyclic amines) is 1. The molecule has 1 fully saturated rings.